The van der Waals surface area contributed by atoms with Crippen LogP contribution in [0.1, 0.15) is 32.1 Å². The molecule has 1 aliphatic rings. The Morgan fingerprint density at radius 1 is 1.19 bits per heavy atom. The van der Waals surface area contributed by atoms with E-state index in [-0.39, 0.29) is 0 Å². The van der Waals surface area contributed by atoms with E-state index in [0.29, 0.717) is 0 Å². The maximum Gasteiger partial charge on any atom is 0.119 e. The molecular weight excluding hydrogens is 264 g/mol. The molecule has 0 bridgehead atoms. The normalized spacial score (nSPS) is 17.1. The van der Waals surface area contributed by atoms with E-state index < -0.39 is 0 Å². The third-order valence-electron chi connectivity index (χ3n) is 3.02. The van der Waals surface area contributed by atoms with Gasteiger partial charge in [0.2, 0.25) is 0 Å². The first-order chi connectivity index (χ1) is 7.86. The zero-order valence-electron chi connectivity index (χ0n) is 9.57. The van der Waals surface area contributed by atoms with Crippen LogP contribution in [0.15, 0.2) is 30.3 Å². The number of alkyl halides is 1. The number of para-hydroxylation sites is 1. The van der Waals surface area contributed by atoms with Gasteiger partial charge in [-0.3, -0.25) is 0 Å². The average molecular weight is 283 g/mol. The van der Waals surface area contributed by atoms with E-state index in [2.05, 4.69) is 15.9 Å². The second kappa shape index (κ2) is 6.29. The highest BCUT2D eigenvalue weighted by Gasteiger charge is 2.28. The molecule has 0 spiro atoms. The van der Waals surface area contributed by atoms with Crippen LogP contribution in [0.5, 0.6) is 5.75 Å². The van der Waals surface area contributed by atoms with Gasteiger partial charge in [0.25, 0.3) is 0 Å². The Hall–Kier alpha value is -0.500. The lowest BCUT2D eigenvalue weighted by Crippen LogP contribution is -2.02. The lowest BCUT2D eigenvalue weighted by atomic mass is 10.1. The van der Waals surface area contributed by atoms with Gasteiger partial charge in [0, 0.05) is 4.83 Å². The van der Waals surface area contributed by atoms with Gasteiger partial charge in [-0.15, -0.1) is 0 Å². The standard InChI is InChI=1S/C14H19BrO/c15-14(12-9-10-12)8-4-5-11-16-13-6-2-1-3-7-13/h1-3,6-7,12,14H,4-5,8-11H2. The van der Waals surface area contributed by atoms with Crippen LogP contribution in [0.25, 0.3) is 0 Å². The van der Waals surface area contributed by atoms with Crippen LogP contribution >= 0.6 is 15.9 Å². The van der Waals surface area contributed by atoms with Gasteiger partial charge in [0.15, 0.2) is 0 Å². The lowest BCUT2D eigenvalue weighted by molar-refractivity contribution is 0.304. The fraction of sp³-hybridized carbons (Fsp3) is 0.571. The molecule has 1 aromatic rings. The van der Waals surface area contributed by atoms with Gasteiger partial charge in [-0.2, -0.15) is 0 Å². The molecule has 2 heteroatoms. The van der Waals surface area contributed by atoms with Gasteiger partial charge in [0.1, 0.15) is 5.75 Å². The predicted octanol–water partition coefficient (Wildman–Crippen LogP) is 4.41. The summed E-state index contributed by atoms with van der Waals surface area (Å²) in [4.78, 5) is 0.754. The topological polar surface area (TPSA) is 9.23 Å². The van der Waals surface area contributed by atoms with Crippen molar-refractivity contribution >= 4 is 15.9 Å². The molecule has 1 saturated carbocycles. The van der Waals surface area contributed by atoms with Crippen LogP contribution in [0.4, 0.5) is 0 Å². The first-order valence-electron chi connectivity index (χ1n) is 6.18. The minimum absolute atomic E-state index is 0.754. The molecule has 2 rings (SSSR count). The van der Waals surface area contributed by atoms with E-state index >= 15 is 0 Å². The molecule has 1 atom stereocenters. The fourth-order valence-electron chi connectivity index (χ4n) is 1.84. The molecule has 0 N–H and O–H groups in total. The number of hydrogen-bond donors (Lipinski definition) is 0. The van der Waals surface area contributed by atoms with Gasteiger partial charge in [-0.05, 0) is 50.2 Å². The highest BCUT2D eigenvalue weighted by Crippen LogP contribution is 2.38. The summed E-state index contributed by atoms with van der Waals surface area (Å²) < 4.78 is 5.65. The predicted molar refractivity (Wildman–Crippen MR) is 71.2 cm³/mol. The molecule has 1 nitrogen and oxygen atoms in total. The van der Waals surface area contributed by atoms with Gasteiger partial charge in [-0.1, -0.05) is 34.1 Å². The zero-order chi connectivity index (χ0) is 11.2. The van der Waals surface area contributed by atoms with E-state index in [9.17, 15) is 0 Å². The number of ether oxygens (including phenoxy) is 1. The molecular formula is C14H19BrO. The summed E-state index contributed by atoms with van der Waals surface area (Å²) in [5, 5.41) is 0. The van der Waals surface area contributed by atoms with Crippen molar-refractivity contribution in [2.24, 2.45) is 5.92 Å². The van der Waals surface area contributed by atoms with Crippen LogP contribution in [0, 0.1) is 5.92 Å². The maximum absolute atomic E-state index is 5.65. The van der Waals surface area contributed by atoms with E-state index in [1.165, 1.54) is 25.7 Å². The number of halogens is 1. The van der Waals surface area contributed by atoms with E-state index in [0.717, 1.165) is 29.5 Å². The summed E-state index contributed by atoms with van der Waals surface area (Å²) >= 11 is 3.76. The molecule has 0 heterocycles. The van der Waals surface area contributed by atoms with Crippen molar-refractivity contribution in [3.8, 4) is 5.75 Å². The van der Waals surface area contributed by atoms with Crippen molar-refractivity contribution < 1.29 is 4.74 Å². The molecule has 0 saturated heterocycles. The van der Waals surface area contributed by atoms with Crippen LogP contribution in [0.2, 0.25) is 0 Å². The molecule has 0 radical (unpaired) electrons. The number of rotatable bonds is 7. The Morgan fingerprint density at radius 3 is 2.62 bits per heavy atom. The lowest BCUT2D eigenvalue weighted by Gasteiger charge is -2.08. The van der Waals surface area contributed by atoms with Crippen molar-refractivity contribution in [2.45, 2.75) is 36.9 Å². The summed E-state index contributed by atoms with van der Waals surface area (Å²) in [5.74, 6) is 1.95. The van der Waals surface area contributed by atoms with Gasteiger partial charge in [-0.25, -0.2) is 0 Å². The SMILES string of the molecule is BrC(CCCCOc1ccccc1)C1CC1. The summed E-state index contributed by atoms with van der Waals surface area (Å²) in [5.41, 5.74) is 0. The Labute approximate surface area is 106 Å². The second-order valence-corrected chi connectivity index (χ2v) is 5.69. The number of unbranched alkanes of at least 4 members (excludes halogenated alkanes) is 1. The first kappa shape index (κ1) is 12.0. The van der Waals surface area contributed by atoms with Crippen molar-refractivity contribution in [3.05, 3.63) is 30.3 Å². The molecule has 0 amide bonds. The fourth-order valence-corrected chi connectivity index (χ4v) is 2.69. The van der Waals surface area contributed by atoms with Crippen LogP contribution in [0.3, 0.4) is 0 Å². The number of benzene rings is 1. The van der Waals surface area contributed by atoms with Crippen molar-refractivity contribution in [1.82, 2.24) is 0 Å². The molecule has 0 aromatic heterocycles. The minimum Gasteiger partial charge on any atom is -0.494 e. The highest BCUT2D eigenvalue weighted by molar-refractivity contribution is 9.09. The first-order valence-corrected chi connectivity index (χ1v) is 7.10. The third kappa shape index (κ3) is 4.17. The van der Waals surface area contributed by atoms with Crippen LogP contribution in [-0.2, 0) is 0 Å². The molecule has 16 heavy (non-hydrogen) atoms. The Morgan fingerprint density at radius 2 is 1.94 bits per heavy atom. The third-order valence-corrected chi connectivity index (χ3v) is 4.23. The average Bonchev–Trinajstić information content (AvgIpc) is 3.13. The molecule has 1 fully saturated rings. The van der Waals surface area contributed by atoms with E-state index in [1.807, 2.05) is 30.3 Å². The largest absolute Gasteiger partial charge is 0.494 e. The van der Waals surface area contributed by atoms with Crippen molar-refractivity contribution in [3.63, 3.8) is 0 Å². The smallest absolute Gasteiger partial charge is 0.119 e. The Balaban J connectivity index is 1.52. The summed E-state index contributed by atoms with van der Waals surface area (Å²) in [7, 11) is 0. The van der Waals surface area contributed by atoms with E-state index in [1.54, 1.807) is 0 Å². The monoisotopic (exact) mass is 282 g/mol. The molecule has 0 aliphatic heterocycles. The van der Waals surface area contributed by atoms with Gasteiger partial charge in [0.05, 0.1) is 6.61 Å². The molecule has 1 unspecified atom stereocenters. The van der Waals surface area contributed by atoms with Crippen LogP contribution in [-0.4, -0.2) is 11.4 Å². The Kier molecular flexibility index (Phi) is 4.70. The second-order valence-electron chi connectivity index (χ2n) is 4.51. The molecule has 1 aromatic carbocycles. The quantitative estimate of drug-likeness (QED) is 0.532. The minimum atomic E-state index is 0.754. The summed E-state index contributed by atoms with van der Waals surface area (Å²) in [6, 6.07) is 10.1. The highest BCUT2D eigenvalue weighted by atomic mass is 79.9. The van der Waals surface area contributed by atoms with Crippen LogP contribution < -0.4 is 4.74 Å². The Bertz CT molecular complexity index is 295. The van der Waals surface area contributed by atoms with Crippen molar-refractivity contribution in [2.75, 3.05) is 6.61 Å². The summed E-state index contributed by atoms with van der Waals surface area (Å²) in [6.07, 6.45) is 6.57. The van der Waals surface area contributed by atoms with Gasteiger partial charge >= 0.3 is 0 Å². The number of hydrogen-bond acceptors (Lipinski definition) is 1. The van der Waals surface area contributed by atoms with Crippen molar-refractivity contribution in [1.29, 1.82) is 0 Å². The molecule has 88 valence electrons. The van der Waals surface area contributed by atoms with E-state index in [4.69, 9.17) is 4.74 Å². The summed E-state index contributed by atoms with van der Waals surface area (Å²) in [6.45, 7) is 0.842. The van der Waals surface area contributed by atoms with Gasteiger partial charge < -0.3 is 4.74 Å². The molecule has 1 aliphatic carbocycles. The zero-order valence-corrected chi connectivity index (χ0v) is 11.2. The maximum atomic E-state index is 5.65.